The number of rotatable bonds is 32. The van der Waals surface area contributed by atoms with Gasteiger partial charge in [-0.1, -0.05) is 151 Å². The Labute approximate surface area is 260 Å². The van der Waals surface area contributed by atoms with Crippen LogP contribution in [-0.2, 0) is 13.9 Å². The highest BCUT2D eigenvalue weighted by Crippen LogP contribution is 2.56. The van der Waals surface area contributed by atoms with E-state index in [1.807, 2.05) is 6.92 Å². The van der Waals surface area contributed by atoms with Gasteiger partial charge in [0.15, 0.2) is 12.3 Å². The zero-order valence-electron chi connectivity index (χ0n) is 28.9. The lowest BCUT2D eigenvalue weighted by Gasteiger charge is -2.24. The Balaban J connectivity index is 4.28. The summed E-state index contributed by atoms with van der Waals surface area (Å²) in [6, 6.07) is 0. The molecule has 244 valence electrons. The maximum absolute atomic E-state index is 13.5. The lowest BCUT2D eigenvalue weighted by Crippen LogP contribution is -2.39. The summed E-state index contributed by atoms with van der Waals surface area (Å²) in [6.07, 6.45) is 32.4. The summed E-state index contributed by atoms with van der Waals surface area (Å²) >= 11 is 0. The highest BCUT2D eigenvalue weighted by Gasteiger charge is 2.61. The van der Waals surface area contributed by atoms with Crippen LogP contribution in [0.2, 0.25) is 0 Å². The second kappa shape index (κ2) is 27.7. The first-order chi connectivity index (χ1) is 19.7. The van der Waals surface area contributed by atoms with Crippen LogP contribution in [0.15, 0.2) is 0 Å². The summed E-state index contributed by atoms with van der Waals surface area (Å²) in [5, 5.41) is -0.977. The van der Waals surface area contributed by atoms with E-state index in [-0.39, 0.29) is 0 Å². The molecule has 2 unspecified atom stereocenters. The first-order valence-electron chi connectivity index (χ1n) is 18.0. The minimum absolute atomic E-state index is 0.513. The summed E-state index contributed by atoms with van der Waals surface area (Å²) in [7, 11) is 3.11. The zero-order chi connectivity index (χ0) is 30.7. The molecule has 6 heteroatoms. The fourth-order valence-electron chi connectivity index (χ4n) is 5.39. The van der Waals surface area contributed by atoms with Crippen molar-refractivity contribution in [1.29, 1.82) is 0 Å². The van der Waals surface area contributed by atoms with Gasteiger partial charge in [-0.3, -0.25) is 4.74 Å². The van der Waals surface area contributed by atoms with E-state index in [0.29, 0.717) is 18.9 Å². The summed E-state index contributed by atoms with van der Waals surface area (Å²) < 4.78 is 34.0. The van der Waals surface area contributed by atoms with E-state index in [0.717, 1.165) is 36.7 Å². The van der Waals surface area contributed by atoms with Gasteiger partial charge in [0.2, 0.25) is 0 Å². The maximum atomic E-state index is 13.5. The Morgan fingerprint density at radius 2 is 0.756 bits per heavy atom. The van der Waals surface area contributed by atoms with Crippen molar-refractivity contribution in [2.75, 3.05) is 46.6 Å². The molecule has 0 saturated heterocycles. The Hall–Kier alpha value is 0.120. The Bertz CT molecular complexity index is 581. The summed E-state index contributed by atoms with van der Waals surface area (Å²) in [4.78, 5) is 0. The number of likely N-dealkylation sites (N-methyl/N-ethyl adjacent to an activating group) is 1. The average molecular weight is 619 g/mol. The van der Waals surface area contributed by atoms with Crippen LogP contribution >= 0.6 is 15.6 Å². The van der Waals surface area contributed by atoms with Crippen molar-refractivity contribution >= 4 is 15.6 Å². The van der Waals surface area contributed by atoms with Crippen LogP contribution in [0.4, 0.5) is 0 Å². The summed E-state index contributed by atoms with van der Waals surface area (Å²) in [5.74, 6) is 0. The van der Waals surface area contributed by atoms with Crippen molar-refractivity contribution in [2.45, 2.75) is 180 Å². The molecule has 0 heterocycles. The van der Waals surface area contributed by atoms with Gasteiger partial charge in [-0.15, -0.1) is 0 Å². The third kappa shape index (κ3) is 25.2. The first-order valence-corrected chi connectivity index (χ1v) is 20.9. The summed E-state index contributed by atoms with van der Waals surface area (Å²) in [6.45, 7) is 7.78. The van der Waals surface area contributed by atoms with Crippen LogP contribution in [0, 0.1) is 0 Å². The quantitative estimate of drug-likeness (QED) is 0.0428. The molecule has 0 saturated carbocycles. The molecule has 0 aliphatic carbocycles. The first kappa shape index (κ1) is 41.1. The van der Waals surface area contributed by atoms with Gasteiger partial charge in [-0.05, 0) is 25.7 Å². The molecule has 2 atom stereocenters. The maximum Gasteiger partial charge on any atom is 0.449 e. The van der Waals surface area contributed by atoms with Crippen LogP contribution in [0.25, 0.3) is 0 Å². The number of quaternary nitrogens is 1. The minimum atomic E-state index is -1.65. The highest BCUT2D eigenvalue weighted by atomic mass is 31.2. The van der Waals surface area contributed by atoms with Crippen molar-refractivity contribution in [3.63, 3.8) is 0 Å². The minimum Gasteiger partial charge on any atom is -0.329 e. The largest absolute Gasteiger partial charge is 0.449 e. The molecule has 0 N–H and O–H groups in total. The fourth-order valence-corrected chi connectivity index (χ4v) is 9.31. The molecule has 0 bridgehead atoms. The average Bonchev–Trinajstić information content (AvgIpc) is 2.93. The second-order valence-corrected chi connectivity index (χ2v) is 18.2. The van der Waals surface area contributed by atoms with Crippen molar-refractivity contribution in [3.05, 3.63) is 0 Å². The van der Waals surface area contributed by atoms with Crippen LogP contribution in [0.5, 0.6) is 0 Å². The van der Waals surface area contributed by atoms with Crippen LogP contribution in [0.1, 0.15) is 175 Å². The molecule has 0 spiro atoms. The topological polar surface area (TPSA) is 43.4 Å². The van der Waals surface area contributed by atoms with Gasteiger partial charge in [0.05, 0.1) is 28.1 Å². The molecule has 0 rings (SSSR count). The van der Waals surface area contributed by atoms with Crippen LogP contribution < -0.4 is 0 Å². The molecular formula is C35H74NO3P2+3. The molecule has 0 amide bonds. The van der Waals surface area contributed by atoms with Gasteiger partial charge in [-0.25, -0.2) is 0 Å². The van der Waals surface area contributed by atoms with E-state index in [1.165, 1.54) is 128 Å². The molecule has 0 aliphatic rings. The van der Waals surface area contributed by atoms with Gasteiger partial charge >= 0.3 is 20.7 Å². The molecule has 0 radical (unpaired) electrons. The van der Waals surface area contributed by atoms with E-state index in [4.69, 9.17) is 4.74 Å². The normalized spacial score (nSPS) is 14.3. The predicted molar refractivity (Wildman–Crippen MR) is 184 cm³/mol. The Morgan fingerprint density at radius 1 is 0.488 bits per heavy atom. The van der Waals surface area contributed by atoms with Crippen molar-refractivity contribution in [2.24, 2.45) is 0 Å². The molecule has 0 fully saturated rings. The Kier molecular flexibility index (Phi) is 27.7. The summed E-state index contributed by atoms with van der Waals surface area (Å²) in [5.41, 5.74) is 0. The lowest BCUT2D eigenvalue weighted by molar-refractivity contribution is -0.870. The number of unbranched alkanes of at least 4 members (excludes halogenated alkanes) is 22. The molecule has 0 aromatic heterocycles. The third-order valence-electron chi connectivity index (χ3n) is 8.49. The SMILES string of the molecule is CCCCCCCCCCCCCC[P+](=O)C(C)(OCC[N+](C)(C)C)[P+](=O)CCCCCCCCCCCCCC. The van der Waals surface area contributed by atoms with Gasteiger partial charge in [0.1, 0.15) is 13.2 Å². The van der Waals surface area contributed by atoms with E-state index in [2.05, 4.69) is 35.0 Å². The van der Waals surface area contributed by atoms with Gasteiger partial charge in [0.25, 0.3) is 0 Å². The third-order valence-corrected chi connectivity index (χ3v) is 13.4. The number of hydrogen-bond donors (Lipinski definition) is 0. The van der Waals surface area contributed by atoms with Crippen LogP contribution in [-0.4, -0.2) is 56.2 Å². The standard InChI is InChI=1S/C35H74NO3P2/c1-7-9-11-13-15-17-19-21-23-25-27-29-33-40(37)35(3,39-32-31-36(4,5)6)41(38)34-30-28-26-24-22-20-18-16-14-12-10-8-2/h7-34H2,1-6H3/q+3. The molecular weight excluding hydrogens is 544 g/mol. The molecule has 0 aliphatic heterocycles. The molecule has 0 aromatic carbocycles. The van der Waals surface area contributed by atoms with Gasteiger partial charge in [0, 0.05) is 0 Å². The van der Waals surface area contributed by atoms with Crippen molar-refractivity contribution in [1.82, 2.24) is 0 Å². The number of ether oxygens (including phenoxy) is 1. The molecule has 4 nitrogen and oxygen atoms in total. The van der Waals surface area contributed by atoms with E-state index in [1.54, 1.807) is 0 Å². The van der Waals surface area contributed by atoms with Crippen molar-refractivity contribution in [3.8, 4) is 0 Å². The van der Waals surface area contributed by atoms with E-state index < -0.39 is 20.7 Å². The number of hydrogen-bond acceptors (Lipinski definition) is 3. The zero-order valence-corrected chi connectivity index (χ0v) is 30.7. The number of nitrogens with zero attached hydrogens (tertiary/aromatic N) is 1. The van der Waals surface area contributed by atoms with Gasteiger partial charge in [-0.2, -0.15) is 0 Å². The predicted octanol–water partition coefficient (Wildman–Crippen LogP) is 12.4. The Morgan fingerprint density at radius 3 is 1.02 bits per heavy atom. The highest BCUT2D eigenvalue weighted by molar-refractivity contribution is 7.65. The van der Waals surface area contributed by atoms with Crippen LogP contribution in [0.3, 0.4) is 0 Å². The monoisotopic (exact) mass is 619 g/mol. The second-order valence-electron chi connectivity index (χ2n) is 13.8. The lowest BCUT2D eigenvalue weighted by atomic mass is 10.1. The van der Waals surface area contributed by atoms with Crippen molar-refractivity contribution < 1.29 is 18.3 Å². The smallest absolute Gasteiger partial charge is 0.329 e. The van der Waals surface area contributed by atoms with Gasteiger partial charge < -0.3 is 4.48 Å². The fraction of sp³-hybridized carbons (Fsp3) is 1.00. The van der Waals surface area contributed by atoms with E-state index >= 15 is 0 Å². The molecule has 0 aromatic rings. The van der Waals surface area contributed by atoms with E-state index in [9.17, 15) is 9.13 Å². The molecule has 41 heavy (non-hydrogen) atoms.